The maximum atomic E-state index is 10.9. The van der Waals surface area contributed by atoms with Gasteiger partial charge in [0.1, 0.15) is 7.60 Å². The highest BCUT2D eigenvalue weighted by Gasteiger charge is 2.27. The van der Waals surface area contributed by atoms with Crippen molar-refractivity contribution in [3.63, 3.8) is 0 Å². The van der Waals surface area contributed by atoms with Gasteiger partial charge >= 0.3 is 0 Å². The molecule has 8 heteroatoms. The maximum absolute atomic E-state index is 10.9. The van der Waals surface area contributed by atoms with Crippen LogP contribution in [0, 0.1) is 0 Å². The molecule has 0 amide bonds. The van der Waals surface area contributed by atoms with Crippen molar-refractivity contribution >= 4 is 15.4 Å². The molecular formula is C4H9O6P2-3. The molecule has 0 aliphatic carbocycles. The van der Waals surface area contributed by atoms with Crippen LogP contribution >= 0.6 is 15.4 Å². The number of hydrogen-bond acceptors (Lipinski definition) is 6. The summed E-state index contributed by atoms with van der Waals surface area (Å²) in [4.78, 5) is 30.8. The molecule has 0 fully saturated rings. The van der Waals surface area contributed by atoms with Crippen molar-refractivity contribution in [1.29, 1.82) is 0 Å². The summed E-state index contributed by atoms with van der Waals surface area (Å²) < 4.78 is 24.3. The van der Waals surface area contributed by atoms with Gasteiger partial charge in [0, 0.05) is 5.16 Å². The highest BCUT2D eigenvalue weighted by molar-refractivity contribution is 7.62. The van der Waals surface area contributed by atoms with E-state index in [1.807, 2.05) is 0 Å². The van der Waals surface area contributed by atoms with Crippen LogP contribution in [0.25, 0.3) is 0 Å². The lowest BCUT2D eigenvalue weighted by Gasteiger charge is -2.42. The highest BCUT2D eigenvalue weighted by atomic mass is 31.3. The van der Waals surface area contributed by atoms with E-state index in [1.54, 1.807) is 0 Å². The lowest BCUT2D eigenvalue weighted by molar-refractivity contribution is -0.338. The van der Waals surface area contributed by atoms with Crippen molar-refractivity contribution in [2.75, 3.05) is 0 Å². The smallest absolute Gasteiger partial charge is 0.144 e. The number of phosphoric acid groups is 1. The SMILES string of the molecule is CC(C)(C)P(=O)([O-])OP(=O)([O-])[O-]. The van der Waals surface area contributed by atoms with Crippen molar-refractivity contribution in [2.24, 2.45) is 0 Å². The van der Waals surface area contributed by atoms with Crippen molar-refractivity contribution in [3.8, 4) is 0 Å². The molecule has 0 aliphatic heterocycles. The Kier molecular flexibility index (Phi) is 3.30. The van der Waals surface area contributed by atoms with E-state index in [9.17, 15) is 23.8 Å². The first-order chi connectivity index (χ1) is 4.96. The molecule has 74 valence electrons. The van der Waals surface area contributed by atoms with E-state index in [-0.39, 0.29) is 0 Å². The van der Waals surface area contributed by atoms with Crippen molar-refractivity contribution in [2.45, 2.75) is 25.9 Å². The van der Waals surface area contributed by atoms with Crippen molar-refractivity contribution in [3.05, 3.63) is 0 Å². The first kappa shape index (κ1) is 12.3. The summed E-state index contributed by atoms with van der Waals surface area (Å²) in [5.41, 5.74) is 0. The molecule has 0 saturated carbocycles. The Morgan fingerprint density at radius 1 is 1.08 bits per heavy atom. The van der Waals surface area contributed by atoms with Crippen LogP contribution in [0.4, 0.5) is 0 Å². The zero-order chi connectivity index (χ0) is 10.2. The van der Waals surface area contributed by atoms with E-state index in [0.29, 0.717) is 0 Å². The average Bonchev–Trinajstić information content (AvgIpc) is 1.52. The van der Waals surface area contributed by atoms with Gasteiger partial charge in [-0.2, -0.15) is 0 Å². The molecule has 0 aliphatic rings. The Hall–Kier alpha value is 0.300. The van der Waals surface area contributed by atoms with Gasteiger partial charge in [-0.3, -0.25) is 0 Å². The van der Waals surface area contributed by atoms with E-state index in [0.717, 1.165) is 0 Å². The minimum Gasteiger partial charge on any atom is -0.790 e. The lowest BCUT2D eigenvalue weighted by Crippen LogP contribution is -2.28. The molecule has 0 bridgehead atoms. The molecule has 0 N–H and O–H groups in total. The maximum Gasteiger partial charge on any atom is 0.144 e. The summed E-state index contributed by atoms with van der Waals surface area (Å²) in [7, 11) is -10.1. The standard InChI is InChI=1S/C4H12O6P2/c1-4(2,3)11(5,6)10-12(7,8)9/h1-3H3,(H,5,6)(H2,7,8,9)/p-3. The molecule has 1 unspecified atom stereocenters. The minimum atomic E-state index is -5.46. The van der Waals surface area contributed by atoms with Gasteiger partial charge in [0.05, 0.1) is 7.82 Å². The summed E-state index contributed by atoms with van der Waals surface area (Å²) >= 11 is 0. The zero-order valence-electron chi connectivity index (χ0n) is 6.84. The van der Waals surface area contributed by atoms with Crippen LogP contribution in [0.15, 0.2) is 0 Å². The Bertz CT molecular complexity index is 247. The van der Waals surface area contributed by atoms with E-state index >= 15 is 0 Å². The molecule has 0 saturated heterocycles. The van der Waals surface area contributed by atoms with Gasteiger partial charge in [-0.05, 0) is 0 Å². The zero-order valence-corrected chi connectivity index (χ0v) is 8.63. The Balaban J connectivity index is 4.69. The van der Waals surface area contributed by atoms with Gasteiger partial charge in [0.15, 0.2) is 0 Å². The third kappa shape index (κ3) is 3.81. The molecule has 0 radical (unpaired) electrons. The van der Waals surface area contributed by atoms with Gasteiger partial charge in [-0.1, -0.05) is 20.8 Å². The molecule has 0 aromatic rings. The second kappa shape index (κ2) is 3.22. The van der Waals surface area contributed by atoms with Gasteiger partial charge in [-0.25, -0.2) is 0 Å². The van der Waals surface area contributed by atoms with E-state index < -0.39 is 20.6 Å². The molecule has 0 aromatic heterocycles. The summed E-state index contributed by atoms with van der Waals surface area (Å²) in [6.07, 6.45) is 0. The third-order valence-electron chi connectivity index (χ3n) is 1.03. The molecule has 12 heavy (non-hydrogen) atoms. The van der Waals surface area contributed by atoms with Crippen LogP contribution in [0.2, 0.25) is 0 Å². The normalized spacial score (nSPS) is 18.8. The molecular weight excluding hydrogens is 206 g/mol. The van der Waals surface area contributed by atoms with Gasteiger partial charge in [0.2, 0.25) is 0 Å². The first-order valence-electron chi connectivity index (χ1n) is 3.00. The van der Waals surface area contributed by atoms with Gasteiger partial charge in [-0.15, -0.1) is 0 Å². The Morgan fingerprint density at radius 3 is 1.50 bits per heavy atom. The monoisotopic (exact) mass is 215 g/mol. The first-order valence-corrected chi connectivity index (χ1v) is 6.00. The summed E-state index contributed by atoms with van der Waals surface area (Å²) in [5.74, 6) is 0. The van der Waals surface area contributed by atoms with Crippen molar-refractivity contribution in [1.82, 2.24) is 0 Å². The molecule has 0 heterocycles. The fourth-order valence-corrected chi connectivity index (χ4v) is 2.29. The molecule has 0 aromatic carbocycles. The molecule has 1 atom stereocenters. The Morgan fingerprint density at radius 2 is 1.42 bits per heavy atom. The lowest BCUT2D eigenvalue weighted by atomic mass is 10.3. The van der Waals surface area contributed by atoms with E-state index in [4.69, 9.17) is 0 Å². The predicted octanol–water partition coefficient (Wildman–Crippen LogP) is -0.816. The van der Waals surface area contributed by atoms with Crippen LogP contribution in [0.3, 0.4) is 0 Å². The van der Waals surface area contributed by atoms with Crippen molar-refractivity contribution < 1.29 is 28.1 Å². The largest absolute Gasteiger partial charge is 0.790 e. The van der Waals surface area contributed by atoms with E-state index in [2.05, 4.69) is 4.31 Å². The fraction of sp³-hybridized carbons (Fsp3) is 1.00. The minimum absolute atomic E-state index is 1.23. The van der Waals surface area contributed by atoms with Crippen LogP contribution in [0.1, 0.15) is 20.8 Å². The third-order valence-corrected chi connectivity index (χ3v) is 4.33. The molecule has 0 spiro atoms. The van der Waals surface area contributed by atoms with Gasteiger partial charge < -0.3 is 28.1 Å². The van der Waals surface area contributed by atoms with Crippen LogP contribution in [-0.2, 0) is 13.4 Å². The fourth-order valence-electron chi connectivity index (χ4n) is 0.254. The van der Waals surface area contributed by atoms with Crippen LogP contribution in [0.5, 0.6) is 0 Å². The van der Waals surface area contributed by atoms with Crippen LogP contribution < -0.4 is 14.7 Å². The summed E-state index contributed by atoms with van der Waals surface area (Å²) in [5, 5.41) is -1.39. The summed E-state index contributed by atoms with van der Waals surface area (Å²) in [6, 6.07) is 0. The number of hydrogen-bond donors (Lipinski definition) is 0. The quantitative estimate of drug-likeness (QED) is 0.556. The second-order valence-corrected chi connectivity index (χ2v) is 7.08. The molecule has 6 nitrogen and oxygen atoms in total. The average molecular weight is 215 g/mol. The highest BCUT2D eigenvalue weighted by Crippen LogP contribution is 2.58. The summed E-state index contributed by atoms with van der Waals surface area (Å²) in [6.45, 7) is 3.70. The molecule has 0 rings (SSSR count). The topological polar surface area (TPSA) is 113 Å². The van der Waals surface area contributed by atoms with E-state index in [1.165, 1.54) is 20.8 Å². The van der Waals surface area contributed by atoms with Crippen LogP contribution in [-0.4, -0.2) is 5.16 Å². The van der Waals surface area contributed by atoms with Gasteiger partial charge in [0.25, 0.3) is 0 Å². The Labute approximate surface area is 70.3 Å². The predicted molar refractivity (Wildman–Crippen MR) is 36.1 cm³/mol. The number of rotatable bonds is 2. The second-order valence-electron chi connectivity index (χ2n) is 3.20.